The molecule has 1 amide bonds. The average molecular weight is 407 g/mol. The minimum Gasteiger partial charge on any atom is -0.452 e. The molecule has 0 atom stereocenters. The second-order valence-corrected chi connectivity index (χ2v) is 8.81. The fourth-order valence-electron chi connectivity index (χ4n) is 5.73. The third-order valence-electron chi connectivity index (χ3n) is 6.44. The molecule has 5 rings (SSSR count). The summed E-state index contributed by atoms with van der Waals surface area (Å²) >= 11 is 0. The highest BCUT2D eigenvalue weighted by atomic mass is 19.4. The smallest absolute Gasteiger partial charge is 0.416 e. The van der Waals surface area contributed by atoms with Crippen LogP contribution in [0, 0.1) is 17.8 Å². The summed E-state index contributed by atoms with van der Waals surface area (Å²) in [5.74, 6) is 1.12. The van der Waals surface area contributed by atoms with Crippen molar-refractivity contribution in [2.75, 3.05) is 6.61 Å². The van der Waals surface area contributed by atoms with Gasteiger partial charge < -0.3 is 10.1 Å². The van der Waals surface area contributed by atoms with Gasteiger partial charge >= 0.3 is 12.1 Å². The number of nitrogens with one attached hydrogen (secondary N) is 1. The van der Waals surface area contributed by atoms with Gasteiger partial charge in [0.2, 0.25) is 0 Å². The fourth-order valence-corrected chi connectivity index (χ4v) is 5.73. The fraction of sp³-hybridized carbons (Fsp3) is 0.545. The van der Waals surface area contributed by atoms with E-state index in [0.29, 0.717) is 23.3 Å². The third kappa shape index (κ3) is 4.65. The summed E-state index contributed by atoms with van der Waals surface area (Å²) in [6.07, 6.45) is 4.97. The van der Waals surface area contributed by atoms with Crippen LogP contribution in [0.3, 0.4) is 0 Å². The lowest BCUT2D eigenvalue weighted by Crippen LogP contribution is -2.60. The minimum atomic E-state index is -4.40. The van der Waals surface area contributed by atoms with Gasteiger partial charge in [-0.2, -0.15) is 13.2 Å². The summed E-state index contributed by atoms with van der Waals surface area (Å²) in [6.45, 7) is -0.349. The zero-order chi connectivity index (χ0) is 20.6. The molecule has 1 N–H and O–H groups in total. The molecular weight excluding hydrogens is 383 g/mol. The van der Waals surface area contributed by atoms with Gasteiger partial charge in [0.15, 0.2) is 6.61 Å². The lowest BCUT2D eigenvalue weighted by molar-refractivity contribution is -0.145. The van der Waals surface area contributed by atoms with E-state index in [1.165, 1.54) is 37.5 Å². The first-order valence-corrected chi connectivity index (χ1v) is 10.0. The standard InChI is InChI=1S/C22H24F3NO3/c23-22(24,25)18-4-1-14(2-5-18)3-6-20(28)29-13-19(27)26-21-10-15-7-16(11-21)9-17(8-15)12-21/h1-6,15-17H,7-13H2,(H,26,27)/b6-3+. The Hall–Kier alpha value is -2.31. The molecule has 4 aliphatic carbocycles. The van der Waals surface area contributed by atoms with Crippen molar-refractivity contribution < 1.29 is 27.5 Å². The molecule has 4 aliphatic rings. The number of hydrogen-bond donors (Lipinski definition) is 1. The van der Waals surface area contributed by atoms with E-state index in [2.05, 4.69) is 5.32 Å². The molecule has 4 bridgehead atoms. The Labute approximate surface area is 167 Å². The topological polar surface area (TPSA) is 55.4 Å². The first-order valence-electron chi connectivity index (χ1n) is 10.0. The monoisotopic (exact) mass is 407 g/mol. The van der Waals surface area contributed by atoms with Crippen LogP contribution < -0.4 is 5.32 Å². The largest absolute Gasteiger partial charge is 0.452 e. The number of carbonyl (C=O) groups is 2. The number of carbonyl (C=O) groups excluding carboxylic acids is 2. The van der Waals surface area contributed by atoms with Crippen LogP contribution in [0.15, 0.2) is 30.3 Å². The van der Waals surface area contributed by atoms with Gasteiger partial charge in [0.25, 0.3) is 5.91 Å². The van der Waals surface area contributed by atoms with Crippen molar-refractivity contribution in [3.05, 3.63) is 41.5 Å². The Morgan fingerprint density at radius 3 is 2.10 bits per heavy atom. The summed E-state index contributed by atoms with van der Waals surface area (Å²) < 4.78 is 42.6. The Morgan fingerprint density at radius 1 is 1.03 bits per heavy atom. The van der Waals surface area contributed by atoms with E-state index in [0.717, 1.165) is 37.5 Å². The van der Waals surface area contributed by atoms with Crippen molar-refractivity contribution in [3.63, 3.8) is 0 Å². The van der Waals surface area contributed by atoms with E-state index in [1.807, 2.05) is 0 Å². The molecule has 0 heterocycles. The van der Waals surface area contributed by atoms with Gasteiger partial charge in [0, 0.05) is 11.6 Å². The van der Waals surface area contributed by atoms with Crippen LogP contribution in [0.2, 0.25) is 0 Å². The predicted molar refractivity (Wildman–Crippen MR) is 100 cm³/mol. The molecule has 0 aliphatic heterocycles. The highest BCUT2D eigenvalue weighted by Crippen LogP contribution is 2.55. The molecule has 0 aromatic heterocycles. The number of esters is 1. The number of hydrogen-bond acceptors (Lipinski definition) is 3. The lowest BCUT2D eigenvalue weighted by Gasteiger charge is -2.56. The van der Waals surface area contributed by atoms with E-state index in [1.54, 1.807) is 0 Å². The number of halogens is 3. The molecule has 4 saturated carbocycles. The molecule has 4 fully saturated rings. The van der Waals surface area contributed by atoms with Crippen LogP contribution in [-0.2, 0) is 20.5 Å². The van der Waals surface area contributed by atoms with Gasteiger partial charge in [-0.15, -0.1) is 0 Å². The van der Waals surface area contributed by atoms with Crippen LogP contribution in [0.4, 0.5) is 13.2 Å². The second-order valence-electron chi connectivity index (χ2n) is 8.81. The normalized spacial score (nSPS) is 30.5. The van der Waals surface area contributed by atoms with Crippen LogP contribution in [-0.4, -0.2) is 24.0 Å². The first-order chi connectivity index (χ1) is 13.7. The third-order valence-corrected chi connectivity index (χ3v) is 6.44. The van der Waals surface area contributed by atoms with Crippen molar-refractivity contribution in [3.8, 4) is 0 Å². The van der Waals surface area contributed by atoms with Crippen molar-refractivity contribution in [1.29, 1.82) is 0 Å². The number of ether oxygens (including phenoxy) is 1. The summed E-state index contributed by atoms with van der Waals surface area (Å²) in [5.41, 5.74) is -0.444. The van der Waals surface area contributed by atoms with Crippen LogP contribution in [0.25, 0.3) is 6.08 Å². The zero-order valence-electron chi connectivity index (χ0n) is 16.0. The van der Waals surface area contributed by atoms with Crippen molar-refractivity contribution >= 4 is 18.0 Å². The van der Waals surface area contributed by atoms with Gasteiger partial charge in [0.1, 0.15) is 0 Å². The van der Waals surface area contributed by atoms with Gasteiger partial charge in [-0.3, -0.25) is 4.79 Å². The molecule has 0 saturated heterocycles. The number of rotatable bonds is 5. The minimum absolute atomic E-state index is 0.131. The molecule has 7 heteroatoms. The first kappa shape index (κ1) is 20.0. The van der Waals surface area contributed by atoms with E-state index < -0.39 is 17.7 Å². The molecule has 0 unspecified atom stereocenters. The Balaban J connectivity index is 1.25. The van der Waals surface area contributed by atoms with Gasteiger partial charge in [-0.05, 0) is 80.1 Å². The maximum absolute atomic E-state index is 12.5. The van der Waals surface area contributed by atoms with Crippen molar-refractivity contribution in [1.82, 2.24) is 5.32 Å². The molecule has 1 aromatic rings. The van der Waals surface area contributed by atoms with Crippen LogP contribution in [0.1, 0.15) is 49.7 Å². The number of alkyl halides is 3. The molecule has 1 aromatic carbocycles. The van der Waals surface area contributed by atoms with E-state index >= 15 is 0 Å². The number of amides is 1. The summed E-state index contributed by atoms with van der Waals surface area (Å²) in [7, 11) is 0. The Kier molecular flexibility index (Phi) is 5.17. The van der Waals surface area contributed by atoms with E-state index in [-0.39, 0.29) is 18.1 Å². The molecular formula is C22H24F3NO3. The zero-order valence-corrected chi connectivity index (χ0v) is 16.0. The molecule has 29 heavy (non-hydrogen) atoms. The van der Waals surface area contributed by atoms with Crippen LogP contribution >= 0.6 is 0 Å². The van der Waals surface area contributed by atoms with Gasteiger partial charge in [-0.25, -0.2) is 4.79 Å². The van der Waals surface area contributed by atoms with E-state index in [9.17, 15) is 22.8 Å². The predicted octanol–water partition coefficient (Wildman–Crippen LogP) is 4.35. The molecule has 4 nitrogen and oxygen atoms in total. The quantitative estimate of drug-likeness (QED) is 0.583. The Bertz CT molecular complexity index is 778. The maximum Gasteiger partial charge on any atom is 0.416 e. The van der Waals surface area contributed by atoms with Crippen LogP contribution in [0.5, 0.6) is 0 Å². The highest BCUT2D eigenvalue weighted by Gasteiger charge is 2.51. The second kappa shape index (κ2) is 7.50. The highest BCUT2D eigenvalue weighted by molar-refractivity contribution is 5.89. The molecule has 0 spiro atoms. The molecule has 156 valence electrons. The van der Waals surface area contributed by atoms with E-state index in [4.69, 9.17) is 4.74 Å². The summed E-state index contributed by atoms with van der Waals surface area (Å²) in [6, 6.07) is 4.44. The SMILES string of the molecule is O=C(COC(=O)/C=C/c1ccc(C(F)(F)F)cc1)NC12CC3CC(CC(C3)C1)C2. The van der Waals surface area contributed by atoms with Gasteiger partial charge in [0.05, 0.1) is 5.56 Å². The Morgan fingerprint density at radius 2 is 1.59 bits per heavy atom. The average Bonchev–Trinajstić information content (AvgIpc) is 2.63. The van der Waals surface area contributed by atoms with Gasteiger partial charge in [-0.1, -0.05) is 12.1 Å². The maximum atomic E-state index is 12.5. The number of benzene rings is 1. The van der Waals surface area contributed by atoms with Crippen molar-refractivity contribution in [2.24, 2.45) is 17.8 Å². The lowest BCUT2D eigenvalue weighted by atomic mass is 9.53. The molecule has 0 radical (unpaired) electrons. The van der Waals surface area contributed by atoms with Crippen molar-refractivity contribution in [2.45, 2.75) is 50.2 Å². The summed E-state index contributed by atoms with van der Waals surface area (Å²) in [5, 5.41) is 3.13. The summed E-state index contributed by atoms with van der Waals surface area (Å²) in [4.78, 5) is 24.2.